The maximum atomic E-state index is 13.9. The van der Waals surface area contributed by atoms with Crippen molar-refractivity contribution in [2.24, 2.45) is 5.73 Å². The molecule has 1 heterocycles. The van der Waals surface area contributed by atoms with Gasteiger partial charge >= 0.3 is 0 Å². The summed E-state index contributed by atoms with van der Waals surface area (Å²) in [7, 11) is 0. The standard InChI is InChI=1S/C16H20FN3OS.ClH/c1-16(2,11-5-3-4-6-12(11)17)10-19-15(21)13-9-22-14(20-13)7-8-18;/h3-6,9H,7-8,10,18H2,1-2H3,(H,19,21);1H. The van der Waals surface area contributed by atoms with Gasteiger partial charge in [-0.15, -0.1) is 23.7 Å². The molecule has 7 heteroatoms. The first-order valence-electron chi connectivity index (χ1n) is 7.12. The fraction of sp³-hybridized carbons (Fsp3) is 0.375. The summed E-state index contributed by atoms with van der Waals surface area (Å²) < 4.78 is 13.9. The van der Waals surface area contributed by atoms with Crippen LogP contribution in [0.1, 0.15) is 34.9 Å². The quantitative estimate of drug-likeness (QED) is 0.835. The number of thiazole rings is 1. The van der Waals surface area contributed by atoms with Crippen LogP contribution in [0.4, 0.5) is 4.39 Å². The van der Waals surface area contributed by atoms with Crippen LogP contribution in [0.5, 0.6) is 0 Å². The van der Waals surface area contributed by atoms with Crippen molar-refractivity contribution in [3.8, 4) is 0 Å². The van der Waals surface area contributed by atoms with Gasteiger partial charge in [-0.2, -0.15) is 0 Å². The molecular weight excluding hydrogens is 337 g/mol. The van der Waals surface area contributed by atoms with Crippen LogP contribution in [-0.4, -0.2) is 24.0 Å². The van der Waals surface area contributed by atoms with Crippen molar-refractivity contribution in [3.63, 3.8) is 0 Å². The van der Waals surface area contributed by atoms with Crippen LogP contribution in [0, 0.1) is 5.82 Å². The Morgan fingerprint density at radius 1 is 1.39 bits per heavy atom. The van der Waals surface area contributed by atoms with Crippen LogP contribution in [0.15, 0.2) is 29.6 Å². The molecular formula is C16H21ClFN3OS. The Labute approximate surface area is 145 Å². The minimum atomic E-state index is -0.503. The van der Waals surface area contributed by atoms with E-state index >= 15 is 0 Å². The number of amides is 1. The Bertz CT molecular complexity index is 660. The normalized spacial score (nSPS) is 11.0. The number of nitrogens with zero attached hydrogens (tertiary/aromatic N) is 1. The van der Waals surface area contributed by atoms with E-state index in [1.54, 1.807) is 23.6 Å². The van der Waals surface area contributed by atoms with Crippen LogP contribution in [-0.2, 0) is 11.8 Å². The zero-order valence-corrected chi connectivity index (χ0v) is 14.8. The van der Waals surface area contributed by atoms with Gasteiger partial charge in [0.25, 0.3) is 5.91 Å². The number of benzene rings is 1. The third-order valence-electron chi connectivity index (χ3n) is 3.44. The molecule has 0 aliphatic heterocycles. The van der Waals surface area contributed by atoms with Gasteiger partial charge in [-0.05, 0) is 18.2 Å². The second kappa shape index (κ2) is 8.38. The molecule has 0 saturated carbocycles. The molecule has 3 N–H and O–H groups in total. The Morgan fingerprint density at radius 3 is 2.74 bits per heavy atom. The Balaban J connectivity index is 0.00000264. The maximum absolute atomic E-state index is 13.9. The first-order chi connectivity index (χ1) is 10.4. The topological polar surface area (TPSA) is 68.0 Å². The molecule has 0 fully saturated rings. The number of nitrogens with one attached hydrogen (secondary N) is 1. The molecule has 0 aliphatic rings. The van der Waals surface area contributed by atoms with E-state index < -0.39 is 5.41 Å². The molecule has 23 heavy (non-hydrogen) atoms. The molecule has 0 radical (unpaired) electrons. The van der Waals surface area contributed by atoms with E-state index in [0.717, 1.165) is 5.01 Å². The van der Waals surface area contributed by atoms with E-state index in [9.17, 15) is 9.18 Å². The Kier molecular flexibility index (Phi) is 7.12. The van der Waals surface area contributed by atoms with Gasteiger partial charge in [0.1, 0.15) is 11.5 Å². The number of nitrogens with two attached hydrogens (primary N) is 1. The first kappa shape index (κ1) is 19.5. The van der Waals surface area contributed by atoms with Crippen molar-refractivity contribution in [2.45, 2.75) is 25.7 Å². The lowest BCUT2D eigenvalue weighted by molar-refractivity contribution is 0.0941. The van der Waals surface area contributed by atoms with Crippen molar-refractivity contribution in [1.82, 2.24) is 10.3 Å². The highest BCUT2D eigenvalue weighted by atomic mass is 35.5. The van der Waals surface area contributed by atoms with E-state index in [0.29, 0.717) is 30.8 Å². The number of carbonyl (C=O) groups is 1. The second-order valence-electron chi connectivity index (χ2n) is 5.71. The smallest absolute Gasteiger partial charge is 0.270 e. The van der Waals surface area contributed by atoms with Crippen molar-refractivity contribution in [1.29, 1.82) is 0 Å². The predicted molar refractivity (Wildman–Crippen MR) is 93.9 cm³/mol. The molecule has 0 unspecified atom stereocenters. The van der Waals surface area contributed by atoms with Gasteiger partial charge in [0.15, 0.2) is 0 Å². The molecule has 0 bridgehead atoms. The van der Waals surface area contributed by atoms with E-state index in [1.807, 2.05) is 13.8 Å². The van der Waals surface area contributed by atoms with E-state index in [2.05, 4.69) is 10.3 Å². The molecule has 0 saturated heterocycles. The fourth-order valence-corrected chi connectivity index (χ4v) is 2.94. The molecule has 4 nitrogen and oxygen atoms in total. The average molecular weight is 358 g/mol. The van der Waals surface area contributed by atoms with Gasteiger partial charge in [-0.3, -0.25) is 4.79 Å². The zero-order valence-electron chi connectivity index (χ0n) is 13.1. The summed E-state index contributed by atoms with van der Waals surface area (Å²) in [6.45, 7) is 4.63. The lowest BCUT2D eigenvalue weighted by Gasteiger charge is -2.25. The van der Waals surface area contributed by atoms with Crippen LogP contribution in [0.3, 0.4) is 0 Å². The van der Waals surface area contributed by atoms with Gasteiger partial charge in [-0.1, -0.05) is 32.0 Å². The lowest BCUT2D eigenvalue weighted by Crippen LogP contribution is -2.37. The molecule has 1 aromatic carbocycles. The number of aromatic nitrogens is 1. The number of hydrogen-bond acceptors (Lipinski definition) is 4. The summed E-state index contributed by atoms with van der Waals surface area (Å²) in [5.74, 6) is -0.510. The van der Waals surface area contributed by atoms with E-state index in [-0.39, 0.29) is 24.1 Å². The van der Waals surface area contributed by atoms with Gasteiger partial charge in [0.05, 0.1) is 5.01 Å². The Morgan fingerprint density at radius 2 is 2.09 bits per heavy atom. The molecule has 1 amide bonds. The molecule has 0 aliphatic carbocycles. The molecule has 2 aromatic rings. The summed E-state index contributed by atoms with van der Waals surface area (Å²) >= 11 is 1.42. The zero-order chi connectivity index (χ0) is 16.2. The maximum Gasteiger partial charge on any atom is 0.270 e. The third kappa shape index (κ3) is 4.99. The Hall–Kier alpha value is -1.50. The van der Waals surface area contributed by atoms with Crippen LogP contribution in [0.2, 0.25) is 0 Å². The van der Waals surface area contributed by atoms with Crippen LogP contribution >= 0.6 is 23.7 Å². The minimum Gasteiger partial charge on any atom is -0.350 e. The summed E-state index contributed by atoms with van der Waals surface area (Å²) in [5.41, 5.74) is 5.94. The van der Waals surface area contributed by atoms with Gasteiger partial charge in [0, 0.05) is 23.8 Å². The number of hydrogen-bond donors (Lipinski definition) is 2. The SMILES string of the molecule is CC(C)(CNC(=O)c1csc(CCN)n1)c1ccccc1F.Cl. The lowest BCUT2D eigenvalue weighted by atomic mass is 9.84. The van der Waals surface area contributed by atoms with Crippen molar-refractivity contribution >= 4 is 29.7 Å². The van der Waals surface area contributed by atoms with Crippen molar-refractivity contribution in [3.05, 3.63) is 51.7 Å². The summed E-state index contributed by atoms with van der Waals surface area (Å²) in [5, 5.41) is 5.39. The molecule has 0 spiro atoms. The number of rotatable bonds is 6. The van der Waals surface area contributed by atoms with E-state index in [4.69, 9.17) is 5.73 Å². The molecule has 1 aromatic heterocycles. The second-order valence-corrected chi connectivity index (χ2v) is 6.65. The fourth-order valence-electron chi connectivity index (χ4n) is 2.15. The highest BCUT2D eigenvalue weighted by Crippen LogP contribution is 2.25. The summed E-state index contributed by atoms with van der Waals surface area (Å²) in [4.78, 5) is 16.4. The van der Waals surface area contributed by atoms with Crippen LogP contribution < -0.4 is 11.1 Å². The predicted octanol–water partition coefficient (Wildman–Crippen LogP) is 2.91. The van der Waals surface area contributed by atoms with E-state index in [1.165, 1.54) is 17.4 Å². The monoisotopic (exact) mass is 357 g/mol. The van der Waals surface area contributed by atoms with Crippen molar-refractivity contribution < 1.29 is 9.18 Å². The molecule has 126 valence electrons. The van der Waals surface area contributed by atoms with Crippen molar-refractivity contribution in [2.75, 3.05) is 13.1 Å². The highest BCUT2D eigenvalue weighted by molar-refractivity contribution is 7.09. The largest absolute Gasteiger partial charge is 0.350 e. The summed E-state index contributed by atoms with van der Waals surface area (Å²) in [6.07, 6.45) is 0.665. The number of carbonyl (C=O) groups excluding carboxylic acids is 1. The molecule has 0 atom stereocenters. The number of halogens is 2. The first-order valence-corrected chi connectivity index (χ1v) is 7.99. The minimum absolute atomic E-state index is 0. The van der Waals surface area contributed by atoms with Crippen LogP contribution in [0.25, 0.3) is 0 Å². The highest BCUT2D eigenvalue weighted by Gasteiger charge is 2.25. The molecule has 2 rings (SSSR count). The van der Waals surface area contributed by atoms with Gasteiger partial charge < -0.3 is 11.1 Å². The average Bonchev–Trinajstić information content (AvgIpc) is 2.94. The van der Waals surface area contributed by atoms with Gasteiger partial charge in [0.2, 0.25) is 0 Å². The van der Waals surface area contributed by atoms with Gasteiger partial charge in [-0.25, -0.2) is 9.37 Å². The third-order valence-corrected chi connectivity index (χ3v) is 4.35. The summed E-state index contributed by atoms with van der Waals surface area (Å²) in [6, 6.07) is 6.62.